The van der Waals surface area contributed by atoms with Crippen molar-refractivity contribution in [1.29, 1.82) is 0 Å². The minimum Gasteiger partial charge on any atom is -0.481 e. The smallest absolute Gasteiger partial charge is 0.317 e. The number of aliphatic carboxylic acids is 1. The summed E-state index contributed by atoms with van der Waals surface area (Å²) in [7, 11) is 0. The van der Waals surface area contributed by atoms with Crippen LogP contribution in [0.3, 0.4) is 0 Å². The first-order valence-corrected chi connectivity index (χ1v) is 7.71. The van der Waals surface area contributed by atoms with Gasteiger partial charge in [-0.3, -0.25) is 4.79 Å². The molecular formula is C15H26N2O3. The second-order valence-corrected chi connectivity index (χ2v) is 6.66. The molecule has 1 saturated carbocycles. The van der Waals surface area contributed by atoms with Crippen LogP contribution in [0.4, 0.5) is 4.79 Å². The molecule has 0 bridgehead atoms. The molecule has 2 aliphatic rings. The molecule has 2 amide bonds. The molecule has 114 valence electrons. The molecule has 1 aliphatic carbocycles. The third-order valence-corrected chi connectivity index (χ3v) is 5.14. The summed E-state index contributed by atoms with van der Waals surface area (Å²) in [6.07, 6.45) is 6.73. The predicted octanol–water partition coefficient (Wildman–Crippen LogP) is 2.61. The number of hydrogen-bond acceptors (Lipinski definition) is 2. The quantitative estimate of drug-likeness (QED) is 0.836. The van der Waals surface area contributed by atoms with Gasteiger partial charge < -0.3 is 15.3 Å². The van der Waals surface area contributed by atoms with Crippen LogP contribution in [-0.2, 0) is 4.79 Å². The topological polar surface area (TPSA) is 69.6 Å². The highest BCUT2D eigenvalue weighted by atomic mass is 16.4. The largest absolute Gasteiger partial charge is 0.481 e. The number of nitrogens with zero attached hydrogens (tertiary/aromatic N) is 1. The molecule has 1 atom stereocenters. The van der Waals surface area contributed by atoms with Crippen LogP contribution >= 0.6 is 0 Å². The van der Waals surface area contributed by atoms with Crippen molar-refractivity contribution in [2.75, 3.05) is 13.1 Å². The third kappa shape index (κ3) is 2.91. The zero-order valence-corrected chi connectivity index (χ0v) is 12.6. The van der Waals surface area contributed by atoms with Crippen LogP contribution in [-0.4, -0.2) is 40.6 Å². The number of carboxylic acids is 1. The van der Waals surface area contributed by atoms with Gasteiger partial charge in [0.05, 0.1) is 5.41 Å². The third-order valence-electron chi connectivity index (χ3n) is 5.14. The number of carboxylic acid groups (broad SMARTS) is 1. The lowest BCUT2D eigenvalue weighted by Crippen LogP contribution is -2.52. The molecule has 0 aromatic carbocycles. The van der Waals surface area contributed by atoms with Crippen molar-refractivity contribution in [2.24, 2.45) is 5.41 Å². The van der Waals surface area contributed by atoms with Crippen LogP contribution in [0.1, 0.15) is 58.8 Å². The van der Waals surface area contributed by atoms with Crippen molar-refractivity contribution < 1.29 is 14.7 Å². The van der Waals surface area contributed by atoms with Crippen LogP contribution < -0.4 is 5.32 Å². The van der Waals surface area contributed by atoms with Crippen LogP contribution in [0, 0.1) is 5.41 Å². The molecule has 1 unspecified atom stereocenters. The Morgan fingerprint density at radius 2 is 1.85 bits per heavy atom. The Morgan fingerprint density at radius 1 is 1.20 bits per heavy atom. The van der Waals surface area contributed by atoms with E-state index in [1.54, 1.807) is 4.90 Å². The summed E-state index contributed by atoms with van der Waals surface area (Å²) in [5, 5.41) is 12.5. The molecule has 5 nitrogen and oxygen atoms in total. The summed E-state index contributed by atoms with van der Waals surface area (Å²) in [6.45, 7) is 4.87. The lowest BCUT2D eigenvalue weighted by atomic mass is 9.83. The number of amides is 2. The molecule has 0 aromatic rings. The number of hydrogen-bond donors (Lipinski definition) is 2. The highest BCUT2D eigenvalue weighted by Gasteiger charge is 2.45. The first-order chi connectivity index (χ1) is 9.41. The summed E-state index contributed by atoms with van der Waals surface area (Å²) >= 11 is 0. The average Bonchev–Trinajstić information content (AvgIpc) is 2.85. The Kier molecular flexibility index (Phi) is 4.25. The van der Waals surface area contributed by atoms with Crippen molar-refractivity contribution in [3.8, 4) is 0 Å². The van der Waals surface area contributed by atoms with Crippen LogP contribution in [0.25, 0.3) is 0 Å². The van der Waals surface area contributed by atoms with E-state index >= 15 is 0 Å². The van der Waals surface area contributed by atoms with Gasteiger partial charge >= 0.3 is 12.0 Å². The summed E-state index contributed by atoms with van der Waals surface area (Å²) in [5.41, 5.74) is -0.860. The molecular weight excluding hydrogens is 256 g/mol. The monoisotopic (exact) mass is 282 g/mol. The number of carbonyl (C=O) groups is 2. The highest BCUT2D eigenvalue weighted by molar-refractivity contribution is 5.80. The Hall–Kier alpha value is -1.26. The second kappa shape index (κ2) is 5.62. The molecule has 1 aliphatic heterocycles. The maximum atomic E-state index is 12.4. The van der Waals surface area contributed by atoms with Gasteiger partial charge in [-0.25, -0.2) is 4.79 Å². The maximum Gasteiger partial charge on any atom is 0.317 e. The molecule has 20 heavy (non-hydrogen) atoms. The van der Waals surface area contributed by atoms with Crippen molar-refractivity contribution in [3.63, 3.8) is 0 Å². The van der Waals surface area contributed by atoms with Crippen molar-refractivity contribution in [3.05, 3.63) is 0 Å². The van der Waals surface area contributed by atoms with Gasteiger partial charge in [0.25, 0.3) is 0 Å². The highest BCUT2D eigenvalue weighted by Crippen LogP contribution is 2.35. The van der Waals surface area contributed by atoms with E-state index in [2.05, 4.69) is 12.2 Å². The van der Waals surface area contributed by atoms with Crippen molar-refractivity contribution in [2.45, 2.75) is 64.3 Å². The lowest BCUT2D eigenvalue weighted by molar-refractivity contribution is -0.148. The zero-order chi connectivity index (χ0) is 14.8. The first kappa shape index (κ1) is 15.1. The SMILES string of the molecule is CCC1(C(=O)O)CCN(C(=O)NC2(C)CCCCC2)C1. The van der Waals surface area contributed by atoms with Gasteiger partial charge in [-0.05, 0) is 32.6 Å². The summed E-state index contributed by atoms with van der Waals surface area (Å²) < 4.78 is 0. The summed E-state index contributed by atoms with van der Waals surface area (Å²) in [4.78, 5) is 25.5. The lowest BCUT2D eigenvalue weighted by Gasteiger charge is -2.36. The van der Waals surface area contributed by atoms with Crippen LogP contribution in [0.15, 0.2) is 0 Å². The predicted molar refractivity (Wildman–Crippen MR) is 76.6 cm³/mol. The molecule has 0 radical (unpaired) electrons. The maximum absolute atomic E-state index is 12.4. The standard InChI is InChI=1S/C15H26N2O3/c1-3-15(12(18)19)9-10-17(11-15)13(20)16-14(2)7-5-4-6-8-14/h3-11H2,1-2H3,(H,16,20)(H,18,19). The number of urea groups is 1. The van der Waals surface area contributed by atoms with E-state index in [0.29, 0.717) is 25.9 Å². The Bertz CT molecular complexity index is 391. The summed E-state index contributed by atoms with van der Waals surface area (Å²) in [5.74, 6) is -0.779. The Balaban J connectivity index is 1.96. The van der Waals surface area contributed by atoms with Crippen LogP contribution in [0.2, 0.25) is 0 Å². The zero-order valence-electron chi connectivity index (χ0n) is 12.6. The molecule has 1 saturated heterocycles. The Labute approximate surface area is 120 Å². The van der Waals surface area contributed by atoms with Crippen molar-refractivity contribution >= 4 is 12.0 Å². The minimum absolute atomic E-state index is 0.0917. The van der Waals surface area contributed by atoms with Gasteiger partial charge in [0.2, 0.25) is 0 Å². The van der Waals surface area contributed by atoms with Gasteiger partial charge in [0.1, 0.15) is 0 Å². The van der Waals surface area contributed by atoms with Gasteiger partial charge in [-0.2, -0.15) is 0 Å². The van der Waals surface area contributed by atoms with E-state index in [4.69, 9.17) is 0 Å². The summed E-state index contributed by atoms with van der Waals surface area (Å²) in [6, 6.07) is -0.0917. The van der Waals surface area contributed by atoms with E-state index in [1.165, 1.54) is 6.42 Å². The molecule has 5 heteroatoms. The minimum atomic E-state index is -0.779. The van der Waals surface area contributed by atoms with Gasteiger partial charge in [0, 0.05) is 18.6 Å². The number of rotatable bonds is 3. The molecule has 2 N–H and O–H groups in total. The molecule has 2 fully saturated rings. The number of likely N-dealkylation sites (tertiary alicyclic amines) is 1. The molecule has 0 spiro atoms. The fourth-order valence-corrected chi connectivity index (χ4v) is 3.45. The van der Waals surface area contributed by atoms with E-state index < -0.39 is 11.4 Å². The first-order valence-electron chi connectivity index (χ1n) is 7.71. The van der Waals surface area contributed by atoms with E-state index in [1.807, 2.05) is 6.92 Å². The average molecular weight is 282 g/mol. The van der Waals surface area contributed by atoms with Gasteiger partial charge in [0.15, 0.2) is 0 Å². The van der Waals surface area contributed by atoms with Gasteiger partial charge in [-0.15, -0.1) is 0 Å². The van der Waals surface area contributed by atoms with Crippen LogP contribution in [0.5, 0.6) is 0 Å². The number of nitrogens with one attached hydrogen (secondary N) is 1. The van der Waals surface area contributed by atoms with Gasteiger partial charge in [-0.1, -0.05) is 26.2 Å². The number of carbonyl (C=O) groups excluding carboxylic acids is 1. The second-order valence-electron chi connectivity index (χ2n) is 6.66. The Morgan fingerprint density at radius 3 is 2.35 bits per heavy atom. The fourth-order valence-electron chi connectivity index (χ4n) is 3.45. The fraction of sp³-hybridized carbons (Fsp3) is 0.867. The van der Waals surface area contributed by atoms with Crippen molar-refractivity contribution in [1.82, 2.24) is 10.2 Å². The van der Waals surface area contributed by atoms with E-state index in [-0.39, 0.29) is 11.6 Å². The normalized spacial score (nSPS) is 29.2. The van der Waals surface area contributed by atoms with E-state index in [0.717, 1.165) is 25.7 Å². The molecule has 1 heterocycles. The van der Waals surface area contributed by atoms with E-state index in [9.17, 15) is 14.7 Å². The molecule has 2 rings (SSSR count). The molecule has 0 aromatic heterocycles.